The number of amides is 1. The van der Waals surface area contributed by atoms with Gasteiger partial charge in [-0.05, 0) is 67.8 Å². The average molecular weight is 578 g/mol. The number of rotatable bonds is 10. The van der Waals surface area contributed by atoms with Gasteiger partial charge in [0, 0.05) is 23.1 Å². The molecule has 0 aliphatic heterocycles. The predicted molar refractivity (Wildman–Crippen MR) is 143 cm³/mol. The zero-order chi connectivity index (χ0) is 29.4. The molecule has 3 rings (SSSR count). The molecule has 12 heteroatoms. The summed E-state index contributed by atoms with van der Waals surface area (Å²) in [6.07, 6.45) is 0.638. The maximum Gasteiger partial charge on any atom is 0.416 e. The van der Waals surface area contributed by atoms with Gasteiger partial charge in [-0.25, -0.2) is 9.59 Å². The average Bonchev–Trinajstić information content (AvgIpc) is 3.33. The van der Waals surface area contributed by atoms with Crippen LogP contribution in [0.2, 0.25) is 0 Å². The Balaban J connectivity index is 1.66. The number of thiophene rings is 1. The molecule has 2 heterocycles. The molecule has 1 atom stereocenters. The predicted octanol–water partition coefficient (Wildman–Crippen LogP) is 7.26. The van der Waals surface area contributed by atoms with Crippen LogP contribution in [0.15, 0.2) is 69.5 Å². The van der Waals surface area contributed by atoms with E-state index in [9.17, 15) is 32.7 Å². The summed E-state index contributed by atoms with van der Waals surface area (Å²) < 4.78 is 53.6. The smallest absolute Gasteiger partial charge is 0.416 e. The van der Waals surface area contributed by atoms with Crippen LogP contribution in [0, 0.1) is 0 Å². The van der Waals surface area contributed by atoms with Gasteiger partial charge < -0.3 is 19.0 Å². The van der Waals surface area contributed by atoms with Crippen LogP contribution in [-0.2, 0) is 10.9 Å². The highest BCUT2D eigenvalue weighted by Gasteiger charge is 2.30. The van der Waals surface area contributed by atoms with Crippen LogP contribution in [-0.4, -0.2) is 24.1 Å². The summed E-state index contributed by atoms with van der Waals surface area (Å²) in [4.78, 5) is 37.1. The van der Waals surface area contributed by atoms with Gasteiger partial charge in [0.15, 0.2) is 10.8 Å². The van der Waals surface area contributed by atoms with Crippen LogP contribution < -0.4 is 15.7 Å². The SMILES string of the molecule is COC(=O)N/C=C/CCC(C)c1cc(O)c(C(=O)C(C)=Cc2ccc(Oc3ccc(C(F)(F)F)cc3)s2)c(=O)o1. The minimum atomic E-state index is -4.45. The Labute approximate surface area is 231 Å². The molecule has 1 amide bonds. The summed E-state index contributed by atoms with van der Waals surface area (Å²) in [7, 11) is 1.24. The van der Waals surface area contributed by atoms with Crippen LogP contribution >= 0.6 is 11.3 Å². The number of hydrogen-bond acceptors (Lipinski definition) is 8. The number of carbonyl (C=O) groups is 2. The molecule has 1 aromatic carbocycles. The Kier molecular flexibility index (Phi) is 9.94. The van der Waals surface area contributed by atoms with Crippen molar-refractivity contribution in [2.24, 2.45) is 0 Å². The molecular weight excluding hydrogens is 551 g/mol. The maximum atomic E-state index is 12.9. The van der Waals surface area contributed by atoms with Crippen LogP contribution in [0.25, 0.3) is 6.08 Å². The fourth-order valence-electron chi connectivity index (χ4n) is 3.48. The van der Waals surface area contributed by atoms with E-state index in [0.717, 1.165) is 23.5 Å². The Bertz CT molecular complexity index is 1470. The van der Waals surface area contributed by atoms with Gasteiger partial charge in [0.2, 0.25) is 0 Å². The standard InChI is InChI=1S/C28H26F3NO7S/c1-16(6-4-5-13-32-27(36)37-3)22-15-21(33)24(26(35)39-22)25(34)17(2)14-20-11-12-23(40-20)38-19-9-7-18(8-10-19)28(29,30)31/h5,7-16,33H,4,6H2,1-3H3,(H,32,36)/b13-5+,17-14?. The monoisotopic (exact) mass is 577 g/mol. The van der Waals surface area contributed by atoms with Crippen molar-refractivity contribution >= 4 is 29.3 Å². The van der Waals surface area contributed by atoms with E-state index in [-0.39, 0.29) is 23.0 Å². The van der Waals surface area contributed by atoms with Gasteiger partial charge in [0.05, 0.1) is 12.7 Å². The van der Waals surface area contributed by atoms with Crippen molar-refractivity contribution in [1.29, 1.82) is 0 Å². The van der Waals surface area contributed by atoms with Crippen LogP contribution in [0.5, 0.6) is 16.6 Å². The van der Waals surface area contributed by atoms with Crippen LogP contribution in [0.4, 0.5) is 18.0 Å². The fourth-order valence-corrected chi connectivity index (χ4v) is 4.36. The summed E-state index contributed by atoms with van der Waals surface area (Å²) in [6, 6.07) is 8.72. The lowest BCUT2D eigenvalue weighted by molar-refractivity contribution is -0.137. The molecule has 0 bridgehead atoms. The van der Waals surface area contributed by atoms with E-state index in [1.165, 1.54) is 44.5 Å². The third kappa shape index (κ3) is 8.09. The number of carbonyl (C=O) groups excluding carboxylic acids is 2. The lowest BCUT2D eigenvalue weighted by atomic mass is 10.00. The van der Waals surface area contributed by atoms with E-state index < -0.39 is 40.6 Å². The quantitative estimate of drug-likeness (QED) is 0.193. The largest absolute Gasteiger partial charge is 0.507 e. The van der Waals surface area contributed by atoms with Gasteiger partial charge in [0.25, 0.3) is 0 Å². The Morgan fingerprint density at radius 3 is 2.50 bits per heavy atom. The maximum absolute atomic E-state index is 12.9. The zero-order valence-electron chi connectivity index (χ0n) is 21.7. The summed E-state index contributed by atoms with van der Waals surface area (Å²) in [5.41, 5.74) is -2.11. The number of halogens is 3. The van der Waals surface area contributed by atoms with E-state index in [1.54, 1.807) is 25.1 Å². The van der Waals surface area contributed by atoms with Gasteiger partial charge in [-0.15, -0.1) is 0 Å². The number of alkyl halides is 3. The first-order chi connectivity index (χ1) is 18.9. The van der Waals surface area contributed by atoms with E-state index in [1.807, 2.05) is 0 Å². The molecule has 212 valence electrons. The van der Waals surface area contributed by atoms with Crippen molar-refractivity contribution in [2.75, 3.05) is 7.11 Å². The lowest BCUT2D eigenvalue weighted by Crippen LogP contribution is -2.16. The summed E-state index contributed by atoms with van der Waals surface area (Å²) in [5, 5.41) is 13.2. The van der Waals surface area contributed by atoms with Gasteiger partial charge >= 0.3 is 17.9 Å². The Morgan fingerprint density at radius 2 is 1.88 bits per heavy atom. The van der Waals surface area contributed by atoms with Crippen molar-refractivity contribution in [1.82, 2.24) is 5.32 Å². The Hall–Kier alpha value is -4.32. The topological polar surface area (TPSA) is 115 Å². The molecule has 0 aliphatic carbocycles. The highest BCUT2D eigenvalue weighted by Crippen LogP contribution is 2.34. The molecule has 8 nitrogen and oxygen atoms in total. The normalized spacial score (nSPS) is 12.8. The van der Waals surface area contributed by atoms with Crippen molar-refractivity contribution in [2.45, 2.75) is 38.8 Å². The molecule has 2 aromatic heterocycles. The first kappa shape index (κ1) is 30.2. The number of nitrogens with one attached hydrogen (secondary N) is 1. The fraction of sp³-hybridized carbons (Fsp3) is 0.250. The van der Waals surface area contributed by atoms with Crippen LogP contribution in [0.3, 0.4) is 0 Å². The van der Waals surface area contributed by atoms with E-state index >= 15 is 0 Å². The van der Waals surface area contributed by atoms with E-state index in [4.69, 9.17) is 9.15 Å². The van der Waals surface area contributed by atoms with Crippen molar-refractivity contribution < 1.29 is 41.8 Å². The molecular formula is C28H26F3NO7S. The number of ketones is 1. The van der Waals surface area contributed by atoms with Gasteiger partial charge in [0.1, 0.15) is 22.8 Å². The molecule has 0 radical (unpaired) electrons. The van der Waals surface area contributed by atoms with Gasteiger partial charge in [-0.3, -0.25) is 10.1 Å². The van der Waals surface area contributed by atoms with Crippen molar-refractivity contribution in [3.8, 4) is 16.6 Å². The van der Waals surface area contributed by atoms with Crippen LogP contribution in [0.1, 0.15) is 59.2 Å². The molecule has 40 heavy (non-hydrogen) atoms. The molecule has 0 fully saturated rings. The number of hydrogen-bond donors (Lipinski definition) is 2. The molecule has 0 saturated heterocycles. The highest BCUT2D eigenvalue weighted by atomic mass is 32.1. The number of benzene rings is 1. The number of allylic oxidation sites excluding steroid dienone is 2. The summed E-state index contributed by atoms with van der Waals surface area (Å²) in [5.74, 6) is -1.07. The van der Waals surface area contributed by atoms with Gasteiger partial charge in [-0.2, -0.15) is 13.2 Å². The molecule has 0 spiro atoms. The first-order valence-corrected chi connectivity index (χ1v) is 12.7. The van der Waals surface area contributed by atoms with E-state index in [0.29, 0.717) is 22.8 Å². The minimum absolute atomic E-state index is 0.148. The highest BCUT2D eigenvalue weighted by molar-refractivity contribution is 7.14. The summed E-state index contributed by atoms with van der Waals surface area (Å²) in [6.45, 7) is 3.26. The van der Waals surface area contributed by atoms with Crippen molar-refractivity contribution in [3.05, 3.63) is 92.5 Å². The second kappa shape index (κ2) is 13.2. The molecule has 1 unspecified atom stereocenters. The van der Waals surface area contributed by atoms with E-state index in [2.05, 4.69) is 10.1 Å². The minimum Gasteiger partial charge on any atom is -0.507 e. The molecule has 2 N–H and O–H groups in total. The molecule has 3 aromatic rings. The second-order valence-electron chi connectivity index (χ2n) is 8.65. The van der Waals surface area contributed by atoms with Crippen molar-refractivity contribution in [3.63, 3.8) is 0 Å². The zero-order valence-corrected chi connectivity index (χ0v) is 22.5. The first-order valence-electron chi connectivity index (χ1n) is 11.9. The lowest BCUT2D eigenvalue weighted by Gasteiger charge is -2.11. The number of aromatic hydroxyl groups is 1. The second-order valence-corrected chi connectivity index (χ2v) is 9.73. The number of methoxy groups -OCH3 is 1. The number of alkyl carbamates (subject to hydrolysis) is 1. The third-order valence-corrected chi connectivity index (χ3v) is 6.56. The van der Waals surface area contributed by atoms with Gasteiger partial charge in [-0.1, -0.05) is 24.3 Å². The number of Topliss-reactive ketones (excluding diaryl/α,β-unsaturated/α-hetero) is 1. The molecule has 0 aliphatic rings. The molecule has 0 saturated carbocycles. The number of ether oxygens (including phenoxy) is 2. The summed E-state index contributed by atoms with van der Waals surface area (Å²) >= 11 is 1.13. The Morgan fingerprint density at radius 1 is 1.18 bits per heavy atom. The third-order valence-electron chi connectivity index (χ3n) is 5.65.